The Hall–Kier alpha value is -1.97. The number of nitrogen functional groups attached to an aromatic ring is 1. The summed E-state index contributed by atoms with van der Waals surface area (Å²) in [5, 5.41) is 6.45. The maximum absolute atomic E-state index is 13.2. The van der Waals surface area contributed by atoms with Crippen molar-refractivity contribution in [1.82, 2.24) is 15.3 Å². The Balaban J connectivity index is 0.00000181. The van der Waals surface area contributed by atoms with Crippen molar-refractivity contribution in [3.8, 4) is 0 Å². The van der Waals surface area contributed by atoms with Crippen molar-refractivity contribution in [2.24, 2.45) is 0 Å². The topological polar surface area (TPSA) is 79.1 Å². The Bertz CT molecular complexity index is 925. The summed E-state index contributed by atoms with van der Waals surface area (Å²) in [4.78, 5) is 11.6. The number of nitrogens with two attached hydrogens (primary N) is 1. The predicted molar refractivity (Wildman–Crippen MR) is 127 cm³/mol. The fourth-order valence-corrected chi connectivity index (χ4v) is 4.32. The van der Waals surface area contributed by atoms with Crippen molar-refractivity contribution >= 4 is 48.0 Å². The molecule has 11 heteroatoms. The second kappa shape index (κ2) is 10.8. The van der Waals surface area contributed by atoms with E-state index in [2.05, 4.69) is 27.4 Å². The molecule has 1 aliphatic carbocycles. The minimum Gasteiger partial charge on any atom is -0.399 e. The number of nitrogens with one attached hydrogen (secondary N) is 2. The molecule has 0 radical (unpaired) electrons. The van der Waals surface area contributed by atoms with E-state index in [0.717, 1.165) is 75.4 Å². The van der Waals surface area contributed by atoms with Crippen LogP contribution in [0.15, 0.2) is 18.2 Å². The summed E-state index contributed by atoms with van der Waals surface area (Å²) in [7, 11) is 0. The van der Waals surface area contributed by atoms with Gasteiger partial charge in [-0.2, -0.15) is 18.2 Å². The van der Waals surface area contributed by atoms with Gasteiger partial charge in [0.2, 0.25) is 5.95 Å². The lowest BCUT2D eigenvalue weighted by Gasteiger charge is -2.26. The Morgan fingerprint density at radius 2 is 1.88 bits per heavy atom. The Kier molecular flexibility index (Phi) is 8.84. The van der Waals surface area contributed by atoms with E-state index in [0.29, 0.717) is 12.0 Å². The molecular weight excluding hydrogens is 464 g/mol. The summed E-state index contributed by atoms with van der Waals surface area (Å²) in [5.74, 6) is 1.22. The molecule has 0 amide bonds. The molecule has 4 N–H and O–H groups in total. The number of nitrogens with zero attached hydrogens (tertiary/aromatic N) is 3. The van der Waals surface area contributed by atoms with Gasteiger partial charge in [0.15, 0.2) is 0 Å². The van der Waals surface area contributed by atoms with Crippen molar-refractivity contribution in [2.45, 2.75) is 51.2 Å². The van der Waals surface area contributed by atoms with E-state index >= 15 is 0 Å². The molecule has 178 valence electrons. The summed E-state index contributed by atoms with van der Waals surface area (Å²) in [6, 6.07) is 3.85. The van der Waals surface area contributed by atoms with Crippen LogP contribution in [0.4, 0.5) is 36.3 Å². The van der Waals surface area contributed by atoms with Gasteiger partial charge in [0.1, 0.15) is 5.82 Å². The van der Waals surface area contributed by atoms with Crippen LogP contribution in [0, 0.1) is 0 Å². The first-order valence-corrected chi connectivity index (χ1v) is 10.5. The molecule has 0 spiro atoms. The molecule has 1 fully saturated rings. The summed E-state index contributed by atoms with van der Waals surface area (Å²) < 4.78 is 39.5. The van der Waals surface area contributed by atoms with Gasteiger partial charge in [0, 0.05) is 36.1 Å². The lowest BCUT2D eigenvalue weighted by molar-refractivity contribution is -0.137. The van der Waals surface area contributed by atoms with Gasteiger partial charge in [-0.25, -0.2) is 4.98 Å². The average Bonchev–Trinajstić information content (AvgIpc) is 3.15. The van der Waals surface area contributed by atoms with Gasteiger partial charge in [0.25, 0.3) is 0 Å². The third kappa shape index (κ3) is 5.88. The summed E-state index contributed by atoms with van der Waals surface area (Å²) >= 11 is 0. The number of halogens is 5. The highest BCUT2D eigenvalue weighted by Gasteiger charge is 2.31. The standard InChI is InChI=1S/C21H27F3N6.2ClH/c1-2-26-15-7-8-30(12-15)19-17-5-3-4-6-18(17)28-20(29-19)27-16-10-13(21(22,23)24)9-14(25)11-16;;/h9-11,15,26H,2-8,12,25H2,1H3,(H,27,28,29);2*1H. The maximum Gasteiger partial charge on any atom is 0.416 e. The van der Waals surface area contributed by atoms with Crippen LogP contribution in [0.25, 0.3) is 0 Å². The molecule has 4 rings (SSSR count). The van der Waals surface area contributed by atoms with Crippen LogP contribution in [0.2, 0.25) is 0 Å². The van der Waals surface area contributed by atoms with Gasteiger partial charge in [-0.05, 0) is 56.8 Å². The lowest BCUT2D eigenvalue weighted by Crippen LogP contribution is -2.33. The van der Waals surface area contributed by atoms with Crippen molar-refractivity contribution in [2.75, 3.05) is 35.6 Å². The lowest BCUT2D eigenvalue weighted by atomic mass is 9.96. The number of fused-ring (bicyclic) bond motifs is 1. The van der Waals surface area contributed by atoms with Gasteiger partial charge < -0.3 is 21.3 Å². The summed E-state index contributed by atoms with van der Waals surface area (Å²) in [6.07, 6.45) is 0.521. The fraction of sp³-hybridized carbons (Fsp3) is 0.524. The summed E-state index contributed by atoms with van der Waals surface area (Å²) in [5.41, 5.74) is 7.34. The largest absolute Gasteiger partial charge is 0.416 e. The number of aryl methyl sites for hydroxylation is 1. The molecule has 0 bridgehead atoms. The van der Waals surface area contributed by atoms with Crippen molar-refractivity contribution in [3.63, 3.8) is 0 Å². The van der Waals surface area contributed by atoms with Gasteiger partial charge in [-0.15, -0.1) is 24.8 Å². The normalized spacial score (nSPS) is 17.9. The molecular formula is C21H29Cl2F3N6. The number of likely N-dealkylation sites (N-methyl/N-ethyl adjacent to an activating group) is 1. The first-order chi connectivity index (χ1) is 14.3. The molecule has 1 unspecified atom stereocenters. The van der Waals surface area contributed by atoms with E-state index in [9.17, 15) is 13.2 Å². The van der Waals surface area contributed by atoms with E-state index in [1.807, 2.05) is 0 Å². The number of hydrogen-bond acceptors (Lipinski definition) is 6. The van der Waals surface area contributed by atoms with Crippen LogP contribution in [-0.2, 0) is 19.0 Å². The van der Waals surface area contributed by atoms with Crippen molar-refractivity contribution < 1.29 is 13.2 Å². The fourth-order valence-electron chi connectivity index (χ4n) is 4.32. The molecule has 2 aromatic rings. The first-order valence-electron chi connectivity index (χ1n) is 10.5. The molecule has 32 heavy (non-hydrogen) atoms. The number of hydrogen-bond donors (Lipinski definition) is 3. The highest BCUT2D eigenvalue weighted by molar-refractivity contribution is 5.85. The molecule has 0 saturated carbocycles. The number of benzene rings is 1. The van der Waals surface area contributed by atoms with Crippen LogP contribution < -0.4 is 21.3 Å². The maximum atomic E-state index is 13.2. The minimum absolute atomic E-state index is 0. The molecule has 1 saturated heterocycles. The molecule has 2 heterocycles. The number of anilines is 4. The highest BCUT2D eigenvalue weighted by atomic mass is 35.5. The highest BCUT2D eigenvalue weighted by Crippen LogP contribution is 2.35. The average molecular weight is 493 g/mol. The predicted octanol–water partition coefficient (Wildman–Crippen LogP) is 4.73. The Morgan fingerprint density at radius 1 is 1.12 bits per heavy atom. The summed E-state index contributed by atoms with van der Waals surface area (Å²) in [6.45, 7) is 4.78. The zero-order valence-corrected chi connectivity index (χ0v) is 19.5. The van der Waals surface area contributed by atoms with Crippen LogP contribution in [0.5, 0.6) is 0 Å². The zero-order chi connectivity index (χ0) is 21.3. The molecule has 2 aliphatic rings. The number of aromatic nitrogens is 2. The molecule has 1 atom stereocenters. The van der Waals surface area contributed by atoms with Gasteiger partial charge in [0.05, 0.1) is 11.3 Å². The third-order valence-corrected chi connectivity index (χ3v) is 5.68. The quantitative estimate of drug-likeness (QED) is 0.523. The van der Waals surface area contributed by atoms with Crippen LogP contribution in [-0.4, -0.2) is 35.6 Å². The van der Waals surface area contributed by atoms with Crippen LogP contribution >= 0.6 is 24.8 Å². The molecule has 6 nitrogen and oxygen atoms in total. The SMILES string of the molecule is CCNC1CCN(c2nc(Nc3cc(N)cc(C(F)(F)F)c3)nc3c2CCCC3)C1.Cl.Cl. The molecule has 1 aliphatic heterocycles. The first kappa shape index (κ1) is 26.3. The van der Waals surface area contributed by atoms with Gasteiger partial charge in [-0.3, -0.25) is 0 Å². The van der Waals surface area contributed by atoms with E-state index in [1.54, 1.807) is 0 Å². The van der Waals surface area contributed by atoms with E-state index in [-0.39, 0.29) is 36.2 Å². The molecule has 1 aromatic heterocycles. The van der Waals surface area contributed by atoms with Gasteiger partial charge >= 0.3 is 6.18 Å². The zero-order valence-electron chi connectivity index (χ0n) is 17.8. The third-order valence-electron chi connectivity index (χ3n) is 5.68. The number of alkyl halides is 3. The van der Waals surface area contributed by atoms with Crippen molar-refractivity contribution in [3.05, 3.63) is 35.0 Å². The van der Waals surface area contributed by atoms with E-state index in [4.69, 9.17) is 10.7 Å². The second-order valence-electron chi connectivity index (χ2n) is 7.96. The Labute approximate surface area is 198 Å². The molecule has 1 aromatic carbocycles. The monoisotopic (exact) mass is 492 g/mol. The van der Waals surface area contributed by atoms with E-state index in [1.165, 1.54) is 11.6 Å². The van der Waals surface area contributed by atoms with Crippen LogP contribution in [0.1, 0.15) is 43.0 Å². The second-order valence-corrected chi connectivity index (χ2v) is 7.96. The minimum atomic E-state index is -4.47. The van der Waals surface area contributed by atoms with Gasteiger partial charge in [-0.1, -0.05) is 6.92 Å². The van der Waals surface area contributed by atoms with Crippen molar-refractivity contribution in [1.29, 1.82) is 0 Å². The van der Waals surface area contributed by atoms with Crippen LogP contribution in [0.3, 0.4) is 0 Å². The van der Waals surface area contributed by atoms with E-state index < -0.39 is 11.7 Å². The Morgan fingerprint density at radius 3 is 2.59 bits per heavy atom. The smallest absolute Gasteiger partial charge is 0.399 e. The number of rotatable bonds is 5.